The zero-order chi connectivity index (χ0) is 32.2. The molecule has 1 aliphatic heterocycles. The van der Waals surface area contributed by atoms with Crippen molar-refractivity contribution in [1.82, 2.24) is 10.9 Å². The molecule has 0 spiro atoms. The Balaban J connectivity index is 1.46. The maximum Gasteiger partial charge on any atom is 0.266 e. The van der Waals surface area contributed by atoms with E-state index in [-0.39, 0.29) is 18.9 Å². The van der Waals surface area contributed by atoms with Gasteiger partial charge in [-0.25, -0.2) is 10.4 Å². The smallest absolute Gasteiger partial charge is 0.266 e. The van der Waals surface area contributed by atoms with Gasteiger partial charge in [0, 0.05) is 31.6 Å². The third kappa shape index (κ3) is 8.21. The largest absolute Gasteiger partial charge is 0.497 e. The number of rotatable bonds is 15. The molecule has 0 saturated carbocycles. The highest BCUT2D eigenvalue weighted by Gasteiger charge is 2.52. The number of hydrogen-bond donors (Lipinski definition) is 3. The molecule has 0 saturated heterocycles. The molecule has 0 bridgehead atoms. The normalized spacial score (nSPS) is 17.4. The van der Waals surface area contributed by atoms with Gasteiger partial charge in [-0.15, -0.1) is 0 Å². The van der Waals surface area contributed by atoms with Crippen molar-refractivity contribution < 1.29 is 24.1 Å². The molecule has 238 valence electrons. The Morgan fingerprint density at radius 3 is 2.50 bits per heavy atom. The highest BCUT2D eigenvalue weighted by Crippen LogP contribution is 2.43. The molecule has 4 aromatic rings. The van der Waals surface area contributed by atoms with Gasteiger partial charge in [0.05, 0.1) is 13.7 Å². The summed E-state index contributed by atoms with van der Waals surface area (Å²) in [6, 6.07) is 33.3. The van der Waals surface area contributed by atoms with Crippen molar-refractivity contribution in [3.05, 3.63) is 137 Å². The Morgan fingerprint density at radius 1 is 0.978 bits per heavy atom. The second-order valence-electron chi connectivity index (χ2n) is 11.2. The van der Waals surface area contributed by atoms with Crippen LogP contribution in [0.5, 0.6) is 11.5 Å². The first-order valence-electron chi connectivity index (χ1n) is 15.6. The third-order valence-corrected chi connectivity index (χ3v) is 7.83. The van der Waals surface area contributed by atoms with E-state index >= 15 is 0 Å². The van der Waals surface area contributed by atoms with Crippen molar-refractivity contribution in [3.63, 3.8) is 0 Å². The number of nitrogens with one attached hydrogen (secondary N) is 2. The summed E-state index contributed by atoms with van der Waals surface area (Å²) in [6.07, 6.45) is 4.81. The summed E-state index contributed by atoms with van der Waals surface area (Å²) in [5.74, 6) is 1.38. The minimum atomic E-state index is -1.33. The fraction of sp³-hybridized carbons (Fsp3) is 0.263. The molecular formula is C38H41N3O5. The van der Waals surface area contributed by atoms with E-state index in [0.717, 1.165) is 23.1 Å². The summed E-state index contributed by atoms with van der Waals surface area (Å²) in [4.78, 5) is 19.4. The van der Waals surface area contributed by atoms with Crippen molar-refractivity contribution in [1.29, 1.82) is 0 Å². The molecule has 5 rings (SSSR count). The standard InChI is InChI=1S/C38H41N3O5/c1-28-14-16-30(17-15-28)22-24-39-41-37(43)38(23-7-11-29-9-4-3-5-10-29)35(32-12-6-13-34(27-32)44-2)46-36(40-38)31-18-20-33(21-19-31)45-26-8-25-42/h3-7,9-21,27,35,39,42H,8,22-26H2,1-2H3,(H,41,43)/b11-7+/t35-,38-/m0/s1. The summed E-state index contributed by atoms with van der Waals surface area (Å²) in [6.45, 7) is 3.09. The minimum Gasteiger partial charge on any atom is -0.497 e. The number of ether oxygens (including phenoxy) is 3. The van der Waals surface area contributed by atoms with Gasteiger partial charge >= 0.3 is 0 Å². The van der Waals surface area contributed by atoms with E-state index in [1.54, 1.807) is 7.11 Å². The number of aryl methyl sites for hydroxylation is 1. The van der Waals surface area contributed by atoms with Crippen LogP contribution in [-0.4, -0.2) is 49.3 Å². The van der Waals surface area contributed by atoms with Gasteiger partial charge in [-0.05, 0) is 66.4 Å². The summed E-state index contributed by atoms with van der Waals surface area (Å²) in [5, 5.41) is 9.07. The number of amides is 1. The predicted octanol–water partition coefficient (Wildman–Crippen LogP) is 5.99. The maximum atomic E-state index is 14.3. The van der Waals surface area contributed by atoms with Gasteiger partial charge in [0.25, 0.3) is 5.91 Å². The minimum absolute atomic E-state index is 0.0675. The van der Waals surface area contributed by atoms with Gasteiger partial charge in [-0.2, -0.15) is 0 Å². The number of methoxy groups -OCH3 is 1. The van der Waals surface area contributed by atoms with Crippen molar-refractivity contribution in [2.24, 2.45) is 4.99 Å². The van der Waals surface area contributed by atoms with Crippen molar-refractivity contribution >= 4 is 17.9 Å². The van der Waals surface area contributed by atoms with E-state index in [9.17, 15) is 4.79 Å². The lowest BCUT2D eigenvalue weighted by molar-refractivity contribution is -0.129. The summed E-state index contributed by atoms with van der Waals surface area (Å²) in [7, 11) is 1.61. The van der Waals surface area contributed by atoms with Crippen LogP contribution in [-0.2, 0) is 16.0 Å². The third-order valence-electron chi connectivity index (χ3n) is 7.83. The van der Waals surface area contributed by atoms with E-state index < -0.39 is 11.6 Å². The van der Waals surface area contributed by atoms with Gasteiger partial charge in [-0.3, -0.25) is 10.2 Å². The molecule has 46 heavy (non-hydrogen) atoms. The number of aliphatic hydroxyl groups excluding tert-OH is 1. The molecule has 1 aliphatic rings. The first-order chi connectivity index (χ1) is 22.5. The number of benzene rings is 4. The quantitative estimate of drug-likeness (QED) is 0.112. The average Bonchev–Trinajstić information content (AvgIpc) is 3.49. The van der Waals surface area contributed by atoms with Gasteiger partial charge < -0.3 is 19.3 Å². The molecule has 1 amide bonds. The second-order valence-corrected chi connectivity index (χ2v) is 11.2. The monoisotopic (exact) mass is 619 g/mol. The molecule has 3 N–H and O–H groups in total. The SMILES string of the molecule is COc1cccc([C@@H]2OC(c3ccc(OCCCO)cc3)=N[C@]2(C/C=C/c2ccccc2)C(=O)NNCCc2ccc(C)cc2)c1. The van der Waals surface area contributed by atoms with Crippen LogP contribution in [0.2, 0.25) is 0 Å². The Hall–Kier alpha value is -4.92. The molecule has 2 atom stereocenters. The van der Waals surface area contributed by atoms with Crippen molar-refractivity contribution in [2.75, 3.05) is 26.9 Å². The Labute approximate surface area is 270 Å². The molecular weight excluding hydrogens is 578 g/mol. The van der Waals surface area contributed by atoms with Gasteiger partial charge in [0.1, 0.15) is 11.5 Å². The van der Waals surface area contributed by atoms with E-state index in [0.29, 0.717) is 37.0 Å². The number of aliphatic imine (C=N–C) groups is 1. The molecule has 8 nitrogen and oxygen atoms in total. The summed E-state index contributed by atoms with van der Waals surface area (Å²) >= 11 is 0. The van der Waals surface area contributed by atoms with E-state index in [1.807, 2.05) is 91.0 Å². The summed E-state index contributed by atoms with van der Waals surface area (Å²) < 4.78 is 17.8. The van der Waals surface area contributed by atoms with Gasteiger partial charge in [0.2, 0.25) is 5.90 Å². The number of hydrogen-bond acceptors (Lipinski definition) is 7. The summed E-state index contributed by atoms with van der Waals surface area (Å²) in [5.41, 5.74) is 9.64. The number of nitrogens with zero attached hydrogens (tertiary/aromatic N) is 1. The van der Waals surface area contributed by atoms with Crippen molar-refractivity contribution in [3.8, 4) is 11.5 Å². The lowest BCUT2D eigenvalue weighted by Gasteiger charge is -2.30. The van der Waals surface area contributed by atoms with Crippen LogP contribution in [0.1, 0.15) is 46.8 Å². The number of carbonyl (C=O) groups is 1. The molecule has 0 aromatic heterocycles. The zero-order valence-electron chi connectivity index (χ0n) is 26.3. The average molecular weight is 620 g/mol. The topological polar surface area (TPSA) is 101 Å². The van der Waals surface area contributed by atoms with Crippen LogP contribution in [0.3, 0.4) is 0 Å². The molecule has 0 fully saturated rings. The number of aliphatic hydroxyl groups is 1. The van der Waals surface area contributed by atoms with E-state index in [2.05, 4.69) is 42.0 Å². The fourth-order valence-electron chi connectivity index (χ4n) is 5.27. The highest BCUT2D eigenvalue weighted by atomic mass is 16.5. The van der Waals surface area contributed by atoms with Gasteiger partial charge in [-0.1, -0.05) is 84.4 Å². The highest BCUT2D eigenvalue weighted by molar-refractivity contribution is 6.01. The van der Waals surface area contributed by atoms with Crippen LogP contribution in [0.4, 0.5) is 0 Å². The maximum absolute atomic E-state index is 14.3. The van der Waals surface area contributed by atoms with Crippen LogP contribution in [0.25, 0.3) is 6.08 Å². The first kappa shape index (κ1) is 32.5. The zero-order valence-corrected chi connectivity index (χ0v) is 26.3. The molecule has 1 heterocycles. The number of carbonyl (C=O) groups excluding carboxylic acids is 1. The van der Waals surface area contributed by atoms with Crippen LogP contribution < -0.4 is 20.3 Å². The number of hydrazine groups is 1. The lowest BCUT2D eigenvalue weighted by atomic mass is 9.84. The molecule has 0 radical (unpaired) electrons. The predicted molar refractivity (Wildman–Crippen MR) is 181 cm³/mol. The van der Waals surface area contributed by atoms with Crippen LogP contribution >= 0.6 is 0 Å². The van der Waals surface area contributed by atoms with Crippen LogP contribution in [0.15, 0.2) is 114 Å². The van der Waals surface area contributed by atoms with Crippen LogP contribution in [0, 0.1) is 6.92 Å². The molecule has 0 aliphatic carbocycles. The molecule has 4 aromatic carbocycles. The van der Waals surface area contributed by atoms with Gasteiger partial charge in [0.15, 0.2) is 11.6 Å². The van der Waals surface area contributed by atoms with Crippen molar-refractivity contribution in [2.45, 2.75) is 37.8 Å². The lowest BCUT2D eigenvalue weighted by Crippen LogP contribution is -2.52. The van der Waals surface area contributed by atoms with E-state index in [1.165, 1.54) is 11.1 Å². The second kappa shape index (κ2) is 15.9. The Bertz CT molecular complexity index is 1620. The molecule has 0 unspecified atom stereocenters. The Kier molecular flexibility index (Phi) is 11.2. The first-order valence-corrected chi connectivity index (χ1v) is 15.6. The van der Waals surface area contributed by atoms with E-state index in [4.69, 9.17) is 24.3 Å². The Morgan fingerprint density at radius 2 is 1.76 bits per heavy atom. The molecule has 8 heteroatoms. The fourth-order valence-corrected chi connectivity index (χ4v) is 5.27.